The average Bonchev–Trinajstić information content (AvgIpc) is 2.25. The topological polar surface area (TPSA) is 0 Å². The molecular weight excluding hydrogens is 268 g/mol. The number of hydrogen-bond donors (Lipinski definition) is 0. The summed E-state index contributed by atoms with van der Waals surface area (Å²) in [6.45, 7) is 27.1. The van der Waals surface area contributed by atoms with E-state index in [-0.39, 0.29) is 0 Å². The molecular formula is C20H38Si. The van der Waals surface area contributed by atoms with Crippen LogP contribution >= 0.6 is 0 Å². The van der Waals surface area contributed by atoms with Crippen molar-refractivity contribution in [1.82, 2.24) is 0 Å². The van der Waals surface area contributed by atoms with Crippen LogP contribution in [0.15, 0.2) is 36.0 Å². The Morgan fingerprint density at radius 1 is 1.00 bits per heavy atom. The van der Waals surface area contributed by atoms with E-state index in [0.29, 0.717) is 10.6 Å². The number of rotatable bonds is 8. The summed E-state index contributed by atoms with van der Waals surface area (Å²) in [5.41, 5.74) is 4.86. The highest BCUT2D eigenvalue weighted by Gasteiger charge is 2.40. The van der Waals surface area contributed by atoms with E-state index in [1.165, 1.54) is 24.0 Å². The molecule has 0 aliphatic heterocycles. The Balaban J connectivity index is 5.08. The van der Waals surface area contributed by atoms with Crippen LogP contribution in [0.2, 0.25) is 23.7 Å². The third kappa shape index (κ3) is 7.31. The van der Waals surface area contributed by atoms with Gasteiger partial charge in [-0.1, -0.05) is 56.7 Å². The quantitative estimate of drug-likeness (QED) is 0.321. The molecule has 0 aromatic heterocycles. The number of hydrogen-bond acceptors (Lipinski definition) is 0. The Morgan fingerprint density at radius 2 is 1.52 bits per heavy atom. The van der Waals surface area contributed by atoms with Gasteiger partial charge in [0.2, 0.25) is 0 Å². The highest BCUT2D eigenvalue weighted by molar-refractivity contribution is 6.82. The maximum atomic E-state index is 4.16. The molecule has 0 aromatic carbocycles. The van der Waals surface area contributed by atoms with Crippen LogP contribution in [0.3, 0.4) is 0 Å². The maximum absolute atomic E-state index is 4.16. The molecule has 1 heteroatoms. The van der Waals surface area contributed by atoms with Crippen molar-refractivity contribution < 1.29 is 0 Å². The smallest absolute Gasteiger partial charge is 0.0601 e. The monoisotopic (exact) mass is 306 g/mol. The molecule has 0 spiro atoms. The van der Waals surface area contributed by atoms with Gasteiger partial charge in [0, 0.05) is 0 Å². The highest BCUT2D eigenvalue weighted by atomic mass is 28.3. The molecule has 0 N–H and O–H groups in total. The predicted octanol–water partition coefficient (Wildman–Crippen LogP) is 7.52. The minimum absolute atomic E-state index is 0.418. The molecule has 0 aliphatic rings. The van der Waals surface area contributed by atoms with Gasteiger partial charge in [-0.3, -0.25) is 0 Å². The first-order valence-electron chi connectivity index (χ1n) is 8.34. The largest absolute Gasteiger partial charge is 0.100 e. The molecule has 1 atom stereocenters. The van der Waals surface area contributed by atoms with E-state index < -0.39 is 8.07 Å². The van der Waals surface area contributed by atoms with E-state index in [1.807, 2.05) is 0 Å². The molecule has 0 aromatic rings. The second kappa shape index (κ2) is 8.17. The van der Waals surface area contributed by atoms with Gasteiger partial charge in [-0.15, -0.1) is 13.2 Å². The fourth-order valence-corrected chi connectivity index (χ4v) is 5.22. The minimum atomic E-state index is -1.38. The van der Waals surface area contributed by atoms with Gasteiger partial charge < -0.3 is 0 Å². The van der Waals surface area contributed by atoms with Crippen LogP contribution in [0.25, 0.3) is 0 Å². The van der Waals surface area contributed by atoms with Gasteiger partial charge in [0.1, 0.15) is 0 Å². The zero-order valence-electron chi connectivity index (χ0n) is 15.9. The van der Waals surface area contributed by atoms with Crippen LogP contribution in [-0.4, -0.2) is 8.07 Å². The second-order valence-electron chi connectivity index (χ2n) is 8.56. The zero-order valence-corrected chi connectivity index (χ0v) is 16.9. The molecule has 0 saturated carbocycles. The summed E-state index contributed by atoms with van der Waals surface area (Å²) in [5, 5.41) is 0.418. The molecule has 0 radical (unpaired) electrons. The Kier molecular flexibility index (Phi) is 7.95. The summed E-state index contributed by atoms with van der Waals surface area (Å²) in [6, 6.07) is 0. The zero-order chi connectivity index (χ0) is 16.8. The summed E-state index contributed by atoms with van der Waals surface area (Å²) in [6.07, 6.45) is 7.30. The summed E-state index contributed by atoms with van der Waals surface area (Å²) in [5.74, 6) is 0. The van der Waals surface area contributed by atoms with Gasteiger partial charge in [0.05, 0.1) is 8.07 Å². The van der Waals surface area contributed by atoms with Gasteiger partial charge in [-0.05, 0) is 57.0 Å². The molecule has 0 rings (SSSR count). The lowest BCUT2D eigenvalue weighted by Crippen LogP contribution is -2.41. The van der Waals surface area contributed by atoms with Crippen molar-refractivity contribution in [1.29, 1.82) is 0 Å². The standard InChI is InChI=1S/C20H38Si/c1-16(2)12-11-13-18(5)15-19(14-17(3)4)21(9,10)20(6,7)8/h15,19H,1,3,11-14H2,2,4-10H3/b18-15+/t19-/m0/s1. The van der Waals surface area contributed by atoms with E-state index >= 15 is 0 Å². The van der Waals surface area contributed by atoms with E-state index in [9.17, 15) is 0 Å². The molecule has 21 heavy (non-hydrogen) atoms. The molecule has 122 valence electrons. The van der Waals surface area contributed by atoms with Crippen LogP contribution in [0.5, 0.6) is 0 Å². The van der Waals surface area contributed by atoms with Crippen LogP contribution < -0.4 is 0 Å². The van der Waals surface area contributed by atoms with Crippen molar-refractivity contribution in [3.8, 4) is 0 Å². The lowest BCUT2D eigenvalue weighted by molar-refractivity contribution is 0.691. The van der Waals surface area contributed by atoms with Crippen molar-refractivity contribution in [2.75, 3.05) is 0 Å². The van der Waals surface area contributed by atoms with E-state index in [1.54, 1.807) is 5.57 Å². The van der Waals surface area contributed by atoms with Gasteiger partial charge >= 0.3 is 0 Å². The predicted molar refractivity (Wildman–Crippen MR) is 103 cm³/mol. The van der Waals surface area contributed by atoms with Crippen molar-refractivity contribution in [3.63, 3.8) is 0 Å². The van der Waals surface area contributed by atoms with Gasteiger partial charge in [-0.25, -0.2) is 0 Å². The maximum Gasteiger partial charge on any atom is 0.0601 e. The van der Waals surface area contributed by atoms with Crippen LogP contribution in [-0.2, 0) is 0 Å². The third-order valence-electron chi connectivity index (χ3n) is 5.09. The summed E-state index contributed by atoms with van der Waals surface area (Å²) < 4.78 is 0. The first-order chi connectivity index (χ1) is 9.37. The third-order valence-corrected chi connectivity index (χ3v) is 11.2. The van der Waals surface area contributed by atoms with Gasteiger partial charge in [-0.2, -0.15) is 0 Å². The molecule has 0 bridgehead atoms. The molecule has 0 nitrogen and oxygen atoms in total. The average molecular weight is 307 g/mol. The minimum Gasteiger partial charge on any atom is -0.100 e. The van der Waals surface area contributed by atoms with Crippen molar-refractivity contribution in [2.24, 2.45) is 0 Å². The molecule has 0 heterocycles. The van der Waals surface area contributed by atoms with Crippen molar-refractivity contribution in [3.05, 3.63) is 36.0 Å². The first-order valence-corrected chi connectivity index (χ1v) is 11.4. The molecule has 0 unspecified atom stereocenters. The summed E-state index contributed by atoms with van der Waals surface area (Å²) >= 11 is 0. The van der Waals surface area contributed by atoms with E-state index in [0.717, 1.165) is 12.8 Å². The van der Waals surface area contributed by atoms with Gasteiger partial charge in [0.25, 0.3) is 0 Å². The van der Waals surface area contributed by atoms with Crippen molar-refractivity contribution in [2.45, 2.75) is 90.9 Å². The van der Waals surface area contributed by atoms with Crippen LogP contribution in [0.4, 0.5) is 0 Å². The molecule has 0 amide bonds. The Morgan fingerprint density at radius 3 is 1.90 bits per heavy atom. The Labute approximate surface area is 135 Å². The Bertz CT molecular complexity index is 391. The van der Waals surface area contributed by atoms with Gasteiger partial charge in [0.15, 0.2) is 0 Å². The first kappa shape index (κ1) is 20.4. The highest BCUT2D eigenvalue weighted by Crippen LogP contribution is 2.46. The normalized spacial score (nSPS) is 15.0. The molecule has 0 saturated heterocycles. The second-order valence-corrected chi connectivity index (χ2v) is 14.2. The number of allylic oxidation sites excluding steroid dienone is 4. The lowest BCUT2D eigenvalue weighted by Gasteiger charge is -2.43. The molecule has 0 fully saturated rings. The van der Waals surface area contributed by atoms with Crippen molar-refractivity contribution >= 4 is 8.07 Å². The fraction of sp³-hybridized carbons (Fsp3) is 0.700. The summed E-state index contributed by atoms with van der Waals surface area (Å²) in [4.78, 5) is 0. The SMILES string of the molecule is C=C(C)CCC/C(C)=C/[C@H](CC(=C)C)[Si](C)(C)C(C)(C)C. The van der Waals surface area contributed by atoms with Crippen LogP contribution in [0.1, 0.15) is 67.2 Å². The molecule has 0 aliphatic carbocycles. The fourth-order valence-electron chi connectivity index (χ4n) is 2.55. The Hall–Kier alpha value is -0.563. The summed E-state index contributed by atoms with van der Waals surface area (Å²) in [7, 11) is -1.38. The van der Waals surface area contributed by atoms with E-state index in [4.69, 9.17) is 0 Å². The van der Waals surface area contributed by atoms with Crippen LogP contribution in [0, 0.1) is 0 Å². The van der Waals surface area contributed by atoms with E-state index in [2.05, 4.69) is 73.9 Å². The lowest BCUT2D eigenvalue weighted by atomic mass is 10.0.